The van der Waals surface area contributed by atoms with Gasteiger partial charge in [-0.15, -0.1) is 0 Å². The number of esters is 1. The zero-order chi connectivity index (χ0) is 21.3. The number of nitrogens with zero attached hydrogens (tertiary/aromatic N) is 1. The molecule has 0 saturated carbocycles. The van der Waals surface area contributed by atoms with Crippen molar-refractivity contribution in [2.75, 3.05) is 5.32 Å². The number of ether oxygens (including phenoxy) is 1. The van der Waals surface area contributed by atoms with Gasteiger partial charge in [0.1, 0.15) is 11.9 Å². The van der Waals surface area contributed by atoms with E-state index in [9.17, 15) is 23.6 Å². The molecule has 7 nitrogen and oxygen atoms in total. The fraction of sp³-hybridized carbons (Fsp3) is 0.429. The van der Waals surface area contributed by atoms with Crippen molar-refractivity contribution in [2.45, 2.75) is 45.8 Å². The molecule has 1 aliphatic carbocycles. The van der Waals surface area contributed by atoms with Gasteiger partial charge in [0.05, 0.1) is 11.8 Å². The smallest absolute Gasteiger partial charge is 0.329 e. The van der Waals surface area contributed by atoms with Crippen LogP contribution in [0.25, 0.3) is 0 Å². The summed E-state index contributed by atoms with van der Waals surface area (Å²) in [6, 6.07) is 3.09. The lowest BCUT2D eigenvalue weighted by atomic mass is 9.85. The number of nitrogens with one attached hydrogen (secondary N) is 1. The summed E-state index contributed by atoms with van der Waals surface area (Å²) in [6.45, 7) is 4.37. The van der Waals surface area contributed by atoms with Crippen LogP contribution >= 0.6 is 0 Å². The van der Waals surface area contributed by atoms with Crippen molar-refractivity contribution in [3.63, 3.8) is 0 Å². The van der Waals surface area contributed by atoms with Crippen molar-refractivity contribution in [3.05, 3.63) is 41.7 Å². The number of carbonyl (C=O) groups excluding carboxylic acids is 4. The molecule has 0 radical (unpaired) electrons. The molecule has 2 aliphatic rings. The number of rotatable bonds is 5. The summed E-state index contributed by atoms with van der Waals surface area (Å²) in [5, 5.41) is 2.47. The number of benzene rings is 1. The van der Waals surface area contributed by atoms with Crippen LogP contribution in [0, 0.1) is 24.6 Å². The fourth-order valence-corrected chi connectivity index (χ4v) is 3.55. The first kappa shape index (κ1) is 20.7. The number of halogens is 1. The second-order valence-corrected chi connectivity index (χ2v) is 7.41. The maximum atomic E-state index is 13.6. The summed E-state index contributed by atoms with van der Waals surface area (Å²) in [6.07, 6.45) is 3.48. The quantitative estimate of drug-likeness (QED) is 0.464. The molecule has 1 aromatic rings. The second kappa shape index (κ2) is 8.14. The van der Waals surface area contributed by atoms with Gasteiger partial charge in [-0.1, -0.05) is 18.2 Å². The molecule has 0 bridgehead atoms. The van der Waals surface area contributed by atoms with E-state index >= 15 is 0 Å². The predicted octanol–water partition coefficient (Wildman–Crippen LogP) is 2.34. The third-order valence-electron chi connectivity index (χ3n) is 5.37. The molecule has 4 atom stereocenters. The molecule has 1 saturated heterocycles. The molecule has 29 heavy (non-hydrogen) atoms. The van der Waals surface area contributed by atoms with Crippen LogP contribution in [0.2, 0.25) is 0 Å². The van der Waals surface area contributed by atoms with Crippen molar-refractivity contribution in [1.29, 1.82) is 0 Å². The third kappa shape index (κ3) is 4.06. The van der Waals surface area contributed by atoms with Gasteiger partial charge in [0.15, 0.2) is 6.10 Å². The minimum atomic E-state index is -1.19. The Morgan fingerprint density at radius 1 is 1.14 bits per heavy atom. The van der Waals surface area contributed by atoms with Crippen LogP contribution in [0.4, 0.5) is 10.1 Å². The minimum absolute atomic E-state index is 0.232. The molecule has 0 spiro atoms. The lowest BCUT2D eigenvalue weighted by molar-refractivity contribution is -0.163. The van der Waals surface area contributed by atoms with Crippen LogP contribution in [-0.2, 0) is 23.9 Å². The SMILES string of the molecule is Cc1ccc(NC(=O)[C@H](C)OC(=O)[C@H](C)N2C(=O)[C@H]3CC=CC[C@H]3C2=O)cc1F. The highest BCUT2D eigenvalue weighted by Gasteiger charge is 2.50. The third-order valence-corrected chi connectivity index (χ3v) is 5.37. The summed E-state index contributed by atoms with van der Waals surface area (Å²) in [4.78, 5) is 50.8. The van der Waals surface area contributed by atoms with Gasteiger partial charge in [-0.25, -0.2) is 9.18 Å². The van der Waals surface area contributed by atoms with Gasteiger partial charge in [-0.3, -0.25) is 19.3 Å². The van der Waals surface area contributed by atoms with Crippen molar-refractivity contribution in [2.24, 2.45) is 11.8 Å². The van der Waals surface area contributed by atoms with Gasteiger partial charge in [0.25, 0.3) is 5.91 Å². The average molecular weight is 402 g/mol. The molecule has 1 fully saturated rings. The molecule has 154 valence electrons. The van der Waals surface area contributed by atoms with E-state index in [1.54, 1.807) is 6.92 Å². The first-order valence-corrected chi connectivity index (χ1v) is 9.50. The summed E-state index contributed by atoms with van der Waals surface area (Å²) >= 11 is 0. The summed E-state index contributed by atoms with van der Waals surface area (Å²) in [5.74, 6) is -3.63. The van der Waals surface area contributed by atoms with Crippen LogP contribution in [0.5, 0.6) is 0 Å². The molecule has 0 unspecified atom stereocenters. The van der Waals surface area contributed by atoms with Gasteiger partial charge >= 0.3 is 5.97 Å². The number of likely N-dealkylation sites (tertiary alicyclic amines) is 1. The molecular formula is C21H23FN2O5. The molecule has 1 N–H and O–H groups in total. The number of amides is 3. The molecular weight excluding hydrogens is 379 g/mol. The fourth-order valence-electron chi connectivity index (χ4n) is 3.55. The molecule has 1 aliphatic heterocycles. The van der Waals surface area contributed by atoms with Crippen molar-refractivity contribution in [1.82, 2.24) is 4.90 Å². The Balaban J connectivity index is 1.61. The zero-order valence-electron chi connectivity index (χ0n) is 16.5. The van der Waals surface area contributed by atoms with Crippen LogP contribution in [-0.4, -0.2) is 40.7 Å². The maximum Gasteiger partial charge on any atom is 0.329 e. The molecule has 0 aromatic heterocycles. The molecule has 8 heteroatoms. The van der Waals surface area contributed by atoms with E-state index in [0.717, 1.165) is 4.90 Å². The highest BCUT2D eigenvalue weighted by molar-refractivity contribution is 6.08. The van der Waals surface area contributed by atoms with Crippen LogP contribution in [0.15, 0.2) is 30.4 Å². The van der Waals surface area contributed by atoms with Crippen molar-refractivity contribution in [3.8, 4) is 0 Å². The average Bonchev–Trinajstić information content (AvgIpc) is 2.95. The lowest BCUT2D eigenvalue weighted by Gasteiger charge is -2.23. The number of hydrogen-bond acceptors (Lipinski definition) is 5. The topological polar surface area (TPSA) is 92.8 Å². The van der Waals surface area contributed by atoms with Gasteiger partial charge < -0.3 is 10.1 Å². The van der Waals surface area contributed by atoms with E-state index in [4.69, 9.17) is 4.74 Å². The standard InChI is InChI=1S/C21H23FN2O5/c1-11-8-9-14(10-17(11)22)23-18(25)13(3)29-21(28)12(2)24-19(26)15-6-4-5-7-16(15)20(24)27/h4-5,8-10,12-13,15-16H,6-7H2,1-3H3,(H,23,25)/t12-,13-,15-,16+/m0/s1. The van der Waals surface area contributed by atoms with E-state index in [-0.39, 0.29) is 17.5 Å². The Hall–Kier alpha value is -3.03. The normalized spacial score (nSPS) is 22.8. The highest BCUT2D eigenvalue weighted by atomic mass is 19.1. The van der Waals surface area contributed by atoms with E-state index < -0.39 is 41.7 Å². The first-order valence-electron chi connectivity index (χ1n) is 9.50. The van der Waals surface area contributed by atoms with Crippen molar-refractivity contribution >= 4 is 29.4 Å². The minimum Gasteiger partial charge on any atom is -0.451 e. The van der Waals surface area contributed by atoms with Gasteiger partial charge in [-0.05, 0) is 51.3 Å². The number of fused-ring (bicyclic) bond motifs is 1. The van der Waals surface area contributed by atoms with Crippen molar-refractivity contribution < 1.29 is 28.3 Å². The molecule has 3 rings (SSSR count). The largest absolute Gasteiger partial charge is 0.451 e. The Morgan fingerprint density at radius 3 is 2.28 bits per heavy atom. The molecule has 1 aromatic carbocycles. The van der Waals surface area contributed by atoms with E-state index in [2.05, 4.69) is 5.32 Å². The van der Waals surface area contributed by atoms with Crippen LogP contribution in [0.1, 0.15) is 32.3 Å². The lowest BCUT2D eigenvalue weighted by Crippen LogP contribution is -2.46. The van der Waals surface area contributed by atoms with Gasteiger partial charge in [0.2, 0.25) is 11.8 Å². The van der Waals surface area contributed by atoms with Gasteiger partial charge in [0, 0.05) is 5.69 Å². The number of imide groups is 1. The Labute approximate surface area is 167 Å². The van der Waals surface area contributed by atoms with Gasteiger partial charge in [-0.2, -0.15) is 0 Å². The number of hydrogen-bond donors (Lipinski definition) is 1. The van der Waals surface area contributed by atoms with E-state index in [0.29, 0.717) is 18.4 Å². The number of allylic oxidation sites excluding steroid dienone is 2. The first-order chi connectivity index (χ1) is 13.7. The summed E-state index contributed by atoms with van der Waals surface area (Å²) in [7, 11) is 0. The zero-order valence-corrected chi connectivity index (χ0v) is 16.5. The molecule has 3 amide bonds. The number of aryl methyl sites for hydroxylation is 1. The summed E-state index contributed by atoms with van der Waals surface area (Å²) in [5.41, 5.74) is 0.669. The predicted molar refractivity (Wildman–Crippen MR) is 102 cm³/mol. The Kier molecular flexibility index (Phi) is 5.81. The van der Waals surface area contributed by atoms with E-state index in [1.807, 2.05) is 12.2 Å². The second-order valence-electron chi connectivity index (χ2n) is 7.41. The molecule has 1 heterocycles. The number of carbonyl (C=O) groups is 4. The number of anilines is 1. The maximum absolute atomic E-state index is 13.6. The van der Waals surface area contributed by atoms with Crippen LogP contribution in [0.3, 0.4) is 0 Å². The van der Waals surface area contributed by atoms with E-state index in [1.165, 1.54) is 32.0 Å². The Morgan fingerprint density at radius 2 is 1.72 bits per heavy atom. The highest BCUT2D eigenvalue weighted by Crippen LogP contribution is 2.36. The summed E-state index contributed by atoms with van der Waals surface area (Å²) < 4.78 is 18.8. The monoisotopic (exact) mass is 402 g/mol. The van der Waals surface area contributed by atoms with Crippen LogP contribution < -0.4 is 5.32 Å². The Bertz CT molecular complexity index is 871.